The Morgan fingerprint density at radius 2 is 2.03 bits per heavy atom. The van der Waals surface area contributed by atoms with Crippen molar-refractivity contribution in [3.63, 3.8) is 0 Å². The molecule has 3 N–H and O–H groups in total. The number of carbonyl (C=O) groups excluding carboxylic acids is 1. The molecule has 2 aromatic heterocycles. The molecule has 8 nitrogen and oxygen atoms in total. The first kappa shape index (κ1) is 28.2. The lowest BCUT2D eigenvalue weighted by Crippen LogP contribution is -2.50. The zero-order valence-electron chi connectivity index (χ0n) is 21.1. The number of hydrogen-bond acceptors (Lipinski definition) is 7. The summed E-state index contributed by atoms with van der Waals surface area (Å²) in [6.45, 7) is -0.499. The van der Waals surface area contributed by atoms with E-state index in [-0.39, 0.29) is 17.5 Å². The first-order chi connectivity index (χ1) is 18.8. The Kier molecular flexibility index (Phi) is 9.28. The Morgan fingerprint density at radius 3 is 2.79 bits per heavy atom. The number of aromatic nitrogens is 2. The van der Waals surface area contributed by atoms with E-state index < -0.39 is 54.3 Å². The second kappa shape index (κ2) is 12.8. The highest BCUT2D eigenvalue weighted by atomic mass is 19.1. The lowest BCUT2D eigenvalue weighted by atomic mass is 9.94. The van der Waals surface area contributed by atoms with E-state index in [9.17, 15) is 28.2 Å². The maximum atomic E-state index is 14.7. The Bertz CT molecular complexity index is 1380. The molecular formula is C28H28F3N3O5. The van der Waals surface area contributed by atoms with E-state index in [1.807, 2.05) is 0 Å². The molecule has 1 aliphatic rings. The van der Waals surface area contributed by atoms with Crippen LogP contribution in [0.3, 0.4) is 0 Å². The Morgan fingerprint density at radius 1 is 1.21 bits per heavy atom. The molecule has 1 amide bonds. The van der Waals surface area contributed by atoms with Crippen LogP contribution < -0.4 is 10.1 Å². The van der Waals surface area contributed by atoms with Crippen LogP contribution in [0.1, 0.15) is 30.4 Å². The van der Waals surface area contributed by atoms with E-state index in [2.05, 4.69) is 15.3 Å². The van der Waals surface area contributed by atoms with Crippen LogP contribution in [0.4, 0.5) is 13.2 Å². The van der Waals surface area contributed by atoms with Crippen molar-refractivity contribution < 1.29 is 37.7 Å². The van der Waals surface area contributed by atoms with Gasteiger partial charge >= 0.3 is 0 Å². The van der Waals surface area contributed by atoms with Crippen LogP contribution >= 0.6 is 0 Å². The van der Waals surface area contributed by atoms with Gasteiger partial charge in [-0.1, -0.05) is 12.2 Å². The van der Waals surface area contributed by atoms with Crippen molar-refractivity contribution in [3.8, 4) is 5.88 Å². The number of aliphatic hydroxyl groups is 2. The topological polar surface area (TPSA) is 114 Å². The average Bonchev–Trinajstić information content (AvgIpc) is 2.93. The molecule has 39 heavy (non-hydrogen) atoms. The van der Waals surface area contributed by atoms with Gasteiger partial charge in [-0.3, -0.25) is 9.78 Å². The summed E-state index contributed by atoms with van der Waals surface area (Å²) >= 11 is 0. The fourth-order valence-electron chi connectivity index (χ4n) is 4.35. The van der Waals surface area contributed by atoms with Crippen molar-refractivity contribution in [2.75, 3.05) is 13.7 Å². The second-order valence-electron chi connectivity index (χ2n) is 9.08. The van der Waals surface area contributed by atoms with Crippen LogP contribution in [-0.4, -0.2) is 64.2 Å². The van der Waals surface area contributed by atoms with Gasteiger partial charge in [0.25, 0.3) is 0 Å². The van der Waals surface area contributed by atoms with Crippen molar-refractivity contribution >= 4 is 29.1 Å². The number of amides is 1. The zero-order valence-corrected chi connectivity index (χ0v) is 21.1. The molecule has 206 valence electrons. The molecule has 1 aromatic carbocycles. The number of hydrogen-bond donors (Lipinski definition) is 3. The molecule has 0 saturated carbocycles. The van der Waals surface area contributed by atoms with Crippen molar-refractivity contribution in [3.05, 3.63) is 77.3 Å². The predicted octanol–water partition coefficient (Wildman–Crippen LogP) is 3.56. The maximum Gasteiger partial charge on any atom is 0.244 e. The van der Waals surface area contributed by atoms with E-state index in [0.29, 0.717) is 29.8 Å². The number of ether oxygens (including phenoxy) is 2. The monoisotopic (exact) mass is 543 g/mol. The molecule has 0 aliphatic carbocycles. The van der Waals surface area contributed by atoms with Crippen LogP contribution in [0.5, 0.6) is 5.88 Å². The van der Waals surface area contributed by atoms with E-state index >= 15 is 0 Å². The van der Waals surface area contributed by atoms with Gasteiger partial charge in [-0.2, -0.15) is 0 Å². The molecule has 1 aliphatic heterocycles. The van der Waals surface area contributed by atoms with Crippen molar-refractivity contribution in [2.24, 2.45) is 0 Å². The minimum Gasteiger partial charge on any atom is -0.481 e. The summed E-state index contributed by atoms with van der Waals surface area (Å²) in [5.41, 5.74) is 0.935. The van der Waals surface area contributed by atoms with Crippen LogP contribution in [0.2, 0.25) is 0 Å². The molecule has 3 heterocycles. The third-order valence-corrected chi connectivity index (χ3v) is 6.34. The Balaban J connectivity index is 1.48. The molecular weight excluding hydrogens is 515 g/mol. The van der Waals surface area contributed by atoms with E-state index in [1.165, 1.54) is 7.11 Å². The Labute approximate surface area is 222 Å². The third kappa shape index (κ3) is 7.20. The summed E-state index contributed by atoms with van der Waals surface area (Å²) < 4.78 is 53.1. The predicted molar refractivity (Wildman–Crippen MR) is 138 cm³/mol. The highest BCUT2D eigenvalue weighted by molar-refractivity contribution is 5.92. The largest absolute Gasteiger partial charge is 0.481 e. The number of methoxy groups -OCH3 is 1. The van der Waals surface area contributed by atoms with Gasteiger partial charge in [-0.15, -0.1) is 0 Å². The third-order valence-electron chi connectivity index (χ3n) is 6.34. The average molecular weight is 544 g/mol. The fourth-order valence-corrected chi connectivity index (χ4v) is 4.35. The van der Waals surface area contributed by atoms with Gasteiger partial charge < -0.3 is 25.0 Å². The molecule has 11 heteroatoms. The smallest absolute Gasteiger partial charge is 0.244 e. The van der Waals surface area contributed by atoms with E-state index in [1.54, 1.807) is 24.3 Å². The van der Waals surface area contributed by atoms with Gasteiger partial charge in [0.2, 0.25) is 11.8 Å². The number of fused-ring (bicyclic) bond motifs is 1. The lowest BCUT2D eigenvalue weighted by molar-refractivity contribution is -0.121. The number of benzene rings is 1. The fraction of sp³-hybridized carbons (Fsp3) is 0.321. The number of pyridine rings is 2. The highest BCUT2D eigenvalue weighted by Gasteiger charge is 2.32. The van der Waals surface area contributed by atoms with Gasteiger partial charge in [0.1, 0.15) is 17.2 Å². The summed E-state index contributed by atoms with van der Waals surface area (Å²) in [7, 11) is 1.46. The number of halogens is 3. The minimum atomic E-state index is -1.09. The van der Waals surface area contributed by atoms with Gasteiger partial charge in [0.05, 0.1) is 49.8 Å². The molecule has 0 bridgehead atoms. The summed E-state index contributed by atoms with van der Waals surface area (Å²) in [4.78, 5) is 20.9. The van der Waals surface area contributed by atoms with E-state index in [0.717, 1.165) is 36.5 Å². The molecule has 0 radical (unpaired) electrons. The Hall–Kier alpha value is -3.80. The van der Waals surface area contributed by atoms with Crippen molar-refractivity contribution in [2.45, 2.75) is 43.6 Å². The lowest BCUT2D eigenvalue weighted by Gasteiger charge is -2.36. The van der Waals surface area contributed by atoms with Crippen molar-refractivity contribution in [1.82, 2.24) is 15.3 Å². The SMILES string of the molecule is COc1ccc2ncc(F)c(C=C[C@@H]3CC[C@@H](NC(=O)C=Cc4cc(F)ccc4F)[C@@H](C[C@H](O)CO)O3)c2n1. The standard InChI is InChI=1S/C28H28F3N3O5/c1-38-27-11-9-24-28(34-27)20(22(31)14-32-24)6-4-19-5-8-23(25(39-19)13-18(36)15-35)33-26(37)10-2-16-12-17(29)3-7-21(16)30/h2-4,6-7,9-12,14,18-19,23,25,35-36H,5,8,13,15H2,1H3,(H,33,37)/t18-,19+,23+,25+/m0/s1. The number of rotatable bonds is 9. The van der Waals surface area contributed by atoms with Crippen molar-refractivity contribution in [1.29, 1.82) is 0 Å². The van der Waals surface area contributed by atoms with Crippen LogP contribution in [-0.2, 0) is 9.53 Å². The first-order valence-electron chi connectivity index (χ1n) is 12.3. The quantitative estimate of drug-likeness (QED) is 0.354. The second-order valence-corrected chi connectivity index (χ2v) is 9.08. The van der Waals surface area contributed by atoms with Crippen LogP contribution in [0, 0.1) is 17.5 Å². The summed E-state index contributed by atoms with van der Waals surface area (Å²) in [5, 5.41) is 22.1. The highest BCUT2D eigenvalue weighted by Crippen LogP contribution is 2.27. The van der Waals surface area contributed by atoms with Crippen LogP contribution in [0.15, 0.2) is 48.7 Å². The van der Waals surface area contributed by atoms with Gasteiger partial charge in [-0.05, 0) is 43.2 Å². The number of nitrogens with zero attached hydrogens (tertiary/aromatic N) is 2. The van der Waals surface area contributed by atoms with Crippen LogP contribution in [0.25, 0.3) is 23.2 Å². The molecule has 0 unspecified atom stereocenters. The molecule has 4 rings (SSSR count). The van der Waals surface area contributed by atoms with Gasteiger partial charge in [0.15, 0.2) is 5.82 Å². The van der Waals surface area contributed by atoms with Gasteiger partial charge in [-0.25, -0.2) is 18.2 Å². The zero-order chi connectivity index (χ0) is 27.9. The van der Waals surface area contributed by atoms with E-state index in [4.69, 9.17) is 9.47 Å². The van der Waals surface area contributed by atoms with Gasteiger partial charge in [0, 0.05) is 29.7 Å². The molecule has 1 saturated heterocycles. The number of carbonyl (C=O) groups is 1. The molecule has 1 fully saturated rings. The normalized spacial score (nSPS) is 20.5. The summed E-state index contributed by atoms with van der Waals surface area (Å²) in [6, 6.07) is 5.68. The number of aliphatic hydroxyl groups excluding tert-OH is 2. The number of nitrogens with one attached hydrogen (secondary N) is 1. The maximum absolute atomic E-state index is 14.7. The molecule has 3 aromatic rings. The summed E-state index contributed by atoms with van der Waals surface area (Å²) in [6.07, 6.45) is 5.23. The first-order valence-corrected chi connectivity index (χ1v) is 12.3. The summed E-state index contributed by atoms with van der Waals surface area (Å²) in [5.74, 6) is -2.13. The molecule has 0 spiro atoms. The molecule has 4 atom stereocenters. The minimum absolute atomic E-state index is 0.0271.